The summed E-state index contributed by atoms with van der Waals surface area (Å²) in [6, 6.07) is 4.63. The molecule has 0 amide bonds. The van der Waals surface area contributed by atoms with Crippen molar-refractivity contribution in [3.8, 4) is 0 Å². The van der Waals surface area contributed by atoms with Crippen LogP contribution in [0.4, 0.5) is 0 Å². The SMILES string of the molecule is COC(=O)c1cccc(S(=O)(=O)NCCCN2CCCCC2)c1C. The van der Waals surface area contributed by atoms with Crippen molar-refractivity contribution in [2.75, 3.05) is 33.3 Å². The van der Waals surface area contributed by atoms with E-state index in [1.54, 1.807) is 19.1 Å². The van der Waals surface area contributed by atoms with Gasteiger partial charge in [0.25, 0.3) is 0 Å². The summed E-state index contributed by atoms with van der Waals surface area (Å²) in [5, 5.41) is 0. The van der Waals surface area contributed by atoms with Gasteiger partial charge < -0.3 is 9.64 Å². The van der Waals surface area contributed by atoms with Crippen LogP contribution in [0.1, 0.15) is 41.6 Å². The van der Waals surface area contributed by atoms with Crippen LogP contribution in [-0.2, 0) is 14.8 Å². The highest BCUT2D eigenvalue weighted by Crippen LogP contribution is 2.19. The molecule has 1 aromatic carbocycles. The van der Waals surface area contributed by atoms with Crippen LogP contribution in [-0.4, -0.2) is 52.6 Å². The van der Waals surface area contributed by atoms with Gasteiger partial charge in [0.15, 0.2) is 0 Å². The lowest BCUT2D eigenvalue weighted by Gasteiger charge is -2.26. The fraction of sp³-hybridized carbons (Fsp3) is 0.588. The molecule has 0 radical (unpaired) electrons. The van der Waals surface area contributed by atoms with Crippen molar-refractivity contribution < 1.29 is 17.9 Å². The van der Waals surface area contributed by atoms with Crippen molar-refractivity contribution in [1.29, 1.82) is 0 Å². The second-order valence-electron chi connectivity index (χ2n) is 6.07. The van der Waals surface area contributed by atoms with Crippen LogP contribution >= 0.6 is 0 Å². The van der Waals surface area contributed by atoms with E-state index in [2.05, 4.69) is 9.62 Å². The molecule has 0 atom stereocenters. The molecule has 7 heteroatoms. The van der Waals surface area contributed by atoms with Crippen molar-refractivity contribution >= 4 is 16.0 Å². The van der Waals surface area contributed by atoms with Crippen LogP contribution in [0.2, 0.25) is 0 Å². The maximum Gasteiger partial charge on any atom is 0.338 e. The minimum atomic E-state index is -3.63. The third-order valence-corrected chi connectivity index (χ3v) is 5.98. The van der Waals surface area contributed by atoms with E-state index in [-0.39, 0.29) is 10.5 Å². The van der Waals surface area contributed by atoms with Crippen molar-refractivity contribution in [3.05, 3.63) is 29.3 Å². The standard InChI is InChI=1S/C17H26N2O4S/c1-14-15(17(20)23-2)8-6-9-16(14)24(21,22)18-10-7-13-19-11-4-3-5-12-19/h6,8-9,18H,3-5,7,10-13H2,1-2H3. The Morgan fingerprint density at radius 3 is 2.62 bits per heavy atom. The highest BCUT2D eigenvalue weighted by Gasteiger charge is 2.21. The number of hydrogen-bond donors (Lipinski definition) is 1. The maximum atomic E-state index is 12.5. The van der Waals surface area contributed by atoms with E-state index in [4.69, 9.17) is 4.74 Å². The number of likely N-dealkylation sites (tertiary alicyclic amines) is 1. The van der Waals surface area contributed by atoms with Gasteiger partial charge in [0.1, 0.15) is 0 Å². The van der Waals surface area contributed by atoms with E-state index in [9.17, 15) is 13.2 Å². The van der Waals surface area contributed by atoms with Gasteiger partial charge in [0.2, 0.25) is 10.0 Å². The molecule has 0 saturated carbocycles. The maximum absolute atomic E-state index is 12.5. The Morgan fingerprint density at radius 2 is 1.96 bits per heavy atom. The predicted octanol–water partition coefficient (Wildman–Crippen LogP) is 1.94. The minimum absolute atomic E-state index is 0.128. The summed E-state index contributed by atoms with van der Waals surface area (Å²) in [4.78, 5) is 14.2. The Hall–Kier alpha value is -1.44. The van der Waals surface area contributed by atoms with E-state index >= 15 is 0 Å². The molecule has 0 aromatic heterocycles. The summed E-state index contributed by atoms with van der Waals surface area (Å²) < 4.78 is 32.3. The minimum Gasteiger partial charge on any atom is -0.465 e. The van der Waals surface area contributed by atoms with E-state index in [0.717, 1.165) is 26.1 Å². The number of nitrogens with zero attached hydrogens (tertiary/aromatic N) is 1. The average molecular weight is 354 g/mol. The Bertz CT molecular complexity index is 667. The van der Waals surface area contributed by atoms with Crippen LogP contribution < -0.4 is 4.72 Å². The zero-order valence-electron chi connectivity index (χ0n) is 14.4. The summed E-state index contributed by atoms with van der Waals surface area (Å²) in [5.41, 5.74) is 0.682. The molecule has 0 spiro atoms. The third kappa shape index (κ3) is 4.78. The van der Waals surface area contributed by atoms with Gasteiger partial charge in [-0.25, -0.2) is 17.9 Å². The van der Waals surface area contributed by atoms with Crippen LogP contribution in [0.25, 0.3) is 0 Å². The number of hydrogen-bond acceptors (Lipinski definition) is 5. The quantitative estimate of drug-likeness (QED) is 0.598. The van der Waals surface area contributed by atoms with E-state index in [0.29, 0.717) is 12.1 Å². The van der Waals surface area contributed by atoms with Gasteiger partial charge in [-0.15, -0.1) is 0 Å². The summed E-state index contributed by atoms with van der Waals surface area (Å²) in [6.07, 6.45) is 4.52. The third-order valence-electron chi connectivity index (χ3n) is 4.37. The molecule has 0 bridgehead atoms. The van der Waals surface area contributed by atoms with E-state index in [1.807, 2.05) is 0 Å². The largest absolute Gasteiger partial charge is 0.465 e. The fourth-order valence-corrected chi connectivity index (χ4v) is 4.35. The fourth-order valence-electron chi connectivity index (χ4n) is 3.01. The second-order valence-corrected chi connectivity index (χ2v) is 7.81. The van der Waals surface area contributed by atoms with Gasteiger partial charge >= 0.3 is 5.97 Å². The van der Waals surface area contributed by atoms with Crippen LogP contribution in [0.3, 0.4) is 0 Å². The molecule has 2 rings (SSSR count). The Labute approximate surface area is 144 Å². The number of nitrogens with one attached hydrogen (secondary N) is 1. The summed E-state index contributed by atoms with van der Waals surface area (Å²) in [6.45, 7) is 5.12. The number of benzene rings is 1. The topological polar surface area (TPSA) is 75.7 Å². The predicted molar refractivity (Wildman–Crippen MR) is 92.6 cm³/mol. The Balaban J connectivity index is 1.96. The Kier molecular flexibility index (Phi) is 6.77. The first kappa shape index (κ1) is 18.9. The number of sulfonamides is 1. The number of ether oxygens (including phenoxy) is 1. The molecule has 1 N–H and O–H groups in total. The Morgan fingerprint density at radius 1 is 1.25 bits per heavy atom. The number of methoxy groups -OCH3 is 1. The molecule has 134 valence electrons. The van der Waals surface area contributed by atoms with Gasteiger partial charge in [-0.05, 0) is 63.5 Å². The average Bonchev–Trinajstić information content (AvgIpc) is 2.59. The highest BCUT2D eigenvalue weighted by atomic mass is 32.2. The van der Waals surface area contributed by atoms with Gasteiger partial charge in [-0.2, -0.15) is 0 Å². The number of rotatable bonds is 7. The lowest BCUT2D eigenvalue weighted by atomic mass is 10.1. The van der Waals surface area contributed by atoms with Gasteiger partial charge in [-0.3, -0.25) is 0 Å². The number of piperidine rings is 1. The van der Waals surface area contributed by atoms with E-state index in [1.165, 1.54) is 32.4 Å². The van der Waals surface area contributed by atoms with Gasteiger partial charge in [0.05, 0.1) is 17.6 Å². The molecule has 1 aliphatic rings. The summed E-state index contributed by atoms with van der Waals surface area (Å²) in [7, 11) is -2.35. The molecule has 0 aliphatic carbocycles. The molecular weight excluding hydrogens is 328 g/mol. The van der Waals surface area contributed by atoms with Crippen molar-refractivity contribution in [2.45, 2.75) is 37.5 Å². The molecule has 1 aliphatic heterocycles. The first-order valence-electron chi connectivity index (χ1n) is 8.35. The highest BCUT2D eigenvalue weighted by molar-refractivity contribution is 7.89. The molecule has 1 aromatic rings. The van der Waals surface area contributed by atoms with Crippen LogP contribution in [0.5, 0.6) is 0 Å². The second kappa shape index (κ2) is 8.60. The van der Waals surface area contributed by atoms with Crippen molar-refractivity contribution in [3.63, 3.8) is 0 Å². The summed E-state index contributed by atoms with van der Waals surface area (Å²) in [5.74, 6) is -0.533. The molecule has 24 heavy (non-hydrogen) atoms. The van der Waals surface area contributed by atoms with E-state index < -0.39 is 16.0 Å². The van der Waals surface area contributed by atoms with Crippen LogP contribution in [0.15, 0.2) is 23.1 Å². The lowest BCUT2D eigenvalue weighted by Crippen LogP contribution is -2.33. The smallest absolute Gasteiger partial charge is 0.338 e. The molecule has 6 nitrogen and oxygen atoms in total. The van der Waals surface area contributed by atoms with Crippen LogP contribution in [0, 0.1) is 6.92 Å². The molecule has 1 heterocycles. The van der Waals surface area contributed by atoms with Gasteiger partial charge in [-0.1, -0.05) is 12.5 Å². The monoisotopic (exact) mass is 354 g/mol. The molecule has 0 unspecified atom stereocenters. The van der Waals surface area contributed by atoms with Crippen molar-refractivity contribution in [1.82, 2.24) is 9.62 Å². The number of carbonyl (C=O) groups is 1. The lowest BCUT2D eigenvalue weighted by molar-refractivity contribution is 0.0599. The number of esters is 1. The normalized spacial score (nSPS) is 16.1. The first-order chi connectivity index (χ1) is 11.5. The van der Waals surface area contributed by atoms with Crippen molar-refractivity contribution in [2.24, 2.45) is 0 Å². The molecule has 1 fully saturated rings. The number of carbonyl (C=O) groups excluding carboxylic acids is 1. The van der Waals surface area contributed by atoms with Gasteiger partial charge in [0, 0.05) is 6.54 Å². The summed E-state index contributed by atoms with van der Waals surface area (Å²) >= 11 is 0. The molecule has 1 saturated heterocycles. The zero-order chi connectivity index (χ0) is 17.6. The zero-order valence-corrected chi connectivity index (χ0v) is 15.2. The molecular formula is C17H26N2O4S. The first-order valence-corrected chi connectivity index (χ1v) is 9.84.